The number of aromatic nitrogens is 3. The van der Waals surface area contributed by atoms with Crippen LogP contribution in [0.1, 0.15) is 49.8 Å². The van der Waals surface area contributed by atoms with E-state index in [1.165, 1.54) is 12.0 Å². The molecule has 0 radical (unpaired) electrons. The van der Waals surface area contributed by atoms with Gasteiger partial charge in [0.05, 0.1) is 5.41 Å². The molecule has 0 spiro atoms. The van der Waals surface area contributed by atoms with Crippen molar-refractivity contribution >= 4 is 0 Å². The Balaban J connectivity index is 1.72. The maximum atomic E-state index is 5.46. The molecule has 5 nitrogen and oxygen atoms in total. The van der Waals surface area contributed by atoms with Gasteiger partial charge < -0.3 is 8.94 Å². The Hall–Kier alpha value is -2.43. The van der Waals surface area contributed by atoms with Crippen LogP contribution in [0.15, 0.2) is 45.7 Å². The van der Waals surface area contributed by atoms with Crippen molar-refractivity contribution < 1.29 is 8.94 Å². The van der Waals surface area contributed by atoms with Gasteiger partial charge in [0, 0.05) is 5.92 Å². The van der Waals surface area contributed by atoms with Crippen LogP contribution in [0.25, 0.3) is 11.6 Å². The number of benzene rings is 1. The molecule has 5 heteroatoms. The monoisotopic (exact) mass is 295 g/mol. The summed E-state index contributed by atoms with van der Waals surface area (Å²) in [7, 11) is 0. The van der Waals surface area contributed by atoms with Crippen molar-refractivity contribution in [1.82, 2.24) is 15.1 Å². The number of hydrogen-bond acceptors (Lipinski definition) is 5. The lowest BCUT2D eigenvalue weighted by Gasteiger charge is -2.09. The highest BCUT2D eigenvalue weighted by molar-refractivity contribution is 5.51. The lowest BCUT2D eigenvalue weighted by atomic mass is 9.95. The van der Waals surface area contributed by atoms with Crippen LogP contribution in [0.2, 0.25) is 0 Å². The van der Waals surface area contributed by atoms with Crippen LogP contribution in [0.3, 0.4) is 0 Å². The molecule has 1 saturated carbocycles. The van der Waals surface area contributed by atoms with E-state index >= 15 is 0 Å². The average molecular weight is 295 g/mol. The predicted molar refractivity (Wildman–Crippen MR) is 80.3 cm³/mol. The van der Waals surface area contributed by atoms with Gasteiger partial charge in [-0.15, -0.1) is 0 Å². The van der Waals surface area contributed by atoms with E-state index in [4.69, 9.17) is 8.94 Å². The lowest BCUT2D eigenvalue weighted by molar-refractivity contribution is 0.414. The summed E-state index contributed by atoms with van der Waals surface area (Å²) in [6, 6.07) is 10.4. The minimum Gasteiger partial charge on any atom is -0.447 e. The molecule has 2 heterocycles. The summed E-state index contributed by atoms with van der Waals surface area (Å²) < 4.78 is 10.9. The maximum absolute atomic E-state index is 5.46. The Kier molecular flexibility index (Phi) is 2.89. The first kappa shape index (κ1) is 13.2. The minimum atomic E-state index is -0.0925. The lowest BCUT2D eigenvalue weighted by Crippen LogP contribution is -2.10. The van der Waals surface area contributed by atoms with Crippen molar-refractivity contribution in [3.05, 3.63) is 53.9 Å². The van der Waals surface area contributed by atoms with Gasteiger partial charge in [-0.2, -0.15) is 4.98 Å². The molecule has 0 unspecified atom stereocenters. The fourth-order valence-electron chi connectivity index (χ4n) is 2.86. The summed E-state index contributed by atoms with van der Waals surface area (Å²) in [5.74, 6) is 2.18. The molecule has 0 N–H and O–H groups in total. The molecule has 4 rings (SSSR count). The molecule has 0 bridgehead atoms. The predicted octanol–water partition coefficient (Wildman–Crippen LogP) is 3.93. The fourth-order valence-corrected chi connectivity index (χ4v) is 2.86. The number of nitrogens with zero attached hydrogens (tertiary/aromatic N) is 3. The van der Waals surface area contributed by atoms with Gasteiger partial charge in [0.15, 0.2) is 17.9 Å². The van der Waals surface area contributed by atoms with Gasteiger partial charge in [-0.05, 0) is 18.4 Å². The molecular weight excluding hydrogens is 278 g/mol. The van der Waals surface area contributed by atoms with Crippen LogP contribution in [0.5, 0.6) is 0 Å². The molecule has 112 valence electrons. The average Bonchev–Trinajstić information content (AvgIpc) is 2.99. The molecule has 1 aliphatic carbocycles. The molecule has 1 aliphatic rings. The second kappa shape index (κ2) is 4.80. The molecular formula is C17H17N3O2. The first-order valence-corrected chi connectivity index (χ1v) is 7.54. The Morgan fingerprint density at radius 2 is 1.91 bits per heavy atom. The van der Waals surface area contributed by atoms with Crippen molar-refractivity contribution in [1.29, 1.82) is 0 Å². The van der Waals surface area contributed by atoms with Gasteiger partial charge >= 0.3 is 0 Å². The summed E-state index contributed by atoms with van der Waals surface area (Å²) >= 11 is 0. The van der Waals surface area contributed by atoms with Gasteiger partial charge in [0.1, 0.15) is 5.76 Å². The number of rotatable bonds is 4. The van der Waals surface area contributed by atoms with Crippen LogP contribution >= 0.6 is 0 Å². The van der Waals surface area contributed by atoms with Crippen LogP contribution < -0.4 is 0 Å². The van der Waals surface area contributed by atoms with Crippen LogP contribution in [-0.2, 0) is 5.41 Å². The summed E-state index contributed by atoms with van der Waals surface area (Å²) in [4.78, 5) is 8.84. The molecule has 1 aromatic carbocycles. The summed E-state index contributed by atoms with van der Waals surface area (Å²) in [5.41, 5.74) is 1.80. The topological polar surface area (TPSA) is 65.0 Å². The van der Waals surface area contributed by atoms with Crippen LogP contribution in [0.4, 0.5) is 0 Å². The molecule has 0 amide bonds. The standard InChI is InChI=1S/C17H17N3O2/c1-11(2)14-13(18-10-21-14)15-19-16(20-22-15)17(8-9-17)12-6-4-3-5-7-12/h3-7,10-11H,8-9H2,1-2H3. The van der Waals surface area contributed by atoms with Gasteiger partial charge in [-0.25, -0.2) is 4.98 Å². The number of oxazole rings is 1. The largest absolute Gasteiger partial charge is 0.447 e. The SMILES string of the molecule is CC(C)c1ocnc1-c1nc(C2(c3ccccc3)CC2)no1. The summed E-state index contributed by atoms with van der Waals surface area (Å²) in [5, 5.41) is 4.22. The molecule has 22 heavy (non-hydrogen) atoms. The Bertz CT molecular complexity index is 785. The van der Waals surface area contributed by atoms with E-state index < -0.39 is 0 Å². The van der Waals surface area contributed by atoms with Gasteiger partial charge in [0.25, 0.3) is 5.89 Å². The van der Waals surface area contributed by atoms with E-state index in [0.717, 1.165) is 24.4 Å². The third kappa shape index (κ3) is 1.96. The van der Waals surface area contributed by atoms with Gasteiger partial charge in [0.2, 0.25) is 0 Å². The second-order valence-corrected chi connectivity index (χ2v) is 6.09. The van der Waals surface area contributed by atoms with Crippen molar-refractivity contribution in [2.24, 2.45) is 0 Å². The fraction of sp³-hybridized carbons (Fsp3) is 0.353. The van der Waals surface area contributed by atoms with Crippen molar-refractivity contribution in [3.63, 3.8) is 0 Å². The third-order valence-electron chi connectivity index (χ3n) is 4.25. The minimum absolute atomic E-state index is 0.0925. The second-order valence-electron chi connectivity index (χ2n) is 6.09. The highest BCUT2D eigenvalue weighted by atomic mass is 16.5. The van der Waals surface area contributed by atoms with Crippen molar-refractivity contribution in [3.8, 4) is 11.6 Å². The zero-order valence-corrected chi connectivity index (χ0v) is 12.6. The highest BCUT2D eigenvalue weighted by Crippen LogP contribution is 2.52. The van der Waals surface area contributed by atoms with Crippen LogP contribution in [-0.4, -0.2) is 15.1 Å². The van der Waals surface area contributed by atoms with Crippen molar-refractivity contribution in [2.45, 2.75) is 38.0 Å². The maximum Gasteiger partial charge on any atom is 0.280 e. The molecule has 0 saturated heterocycles. The zero-order chi connectivity index (χ0) is 15.2. The molecule has 3 aromatic rings. The number of hydrogen-bond donors (Lipinski definition) is 0. The highest BCUT2D eigenvalue weighted by Gasteiger charge is 2.50. The summed E-state index contributed by atoms with van der Waals surface area (Å²) in [6.45, 7) is 4.10. The van der Waals surface area contributed by atoms with Crippen molar-refractivity contribution in [2.75, 3.05) is 0 Å². The van der Waals surface area contributed by atoms with Gasteiger partial charge in [-0.1, -0.05) is 49.3 Å². The smallest absolute Gasteiger partial charge is 0.280 e. The normalized spacial score (nSPS) is 16.1. The summed E-state index contributed by atoms with van der Waals surface area (Å²) in [6.07, 6.45) is 3.52. The molecule has 1 fully saturated rings. The quantitative estimate of drug-likeness (QED) is 0.729. The third-order valence-corrected chi connectivity index (χ3v) is 4.25. The first-order chi connectivity index (χ1) is 10.7. The first-order valence-electron chi connectivity index (χ1n) is 7.54. The Labute approximate surface area is 128 Å². The Morgan fingerprint density at radius 3 is 2.59 bits per heavy atom. The zero-order valence-electron chi connectivity index (χ0n) is 12.6. The molecule has 0 aliphatic heterocycles. The van der Waals surface area contributed by atoms with Crippen LogP contribution in [0, 0.1) is 0 Å². The van der Waals surface area contributed by atoms with E-state index in [-0.39, 0.29) is 11.3 Å². The molecule has 0 atom stereocenters. The van der Waals surface area contributed by atoms with E-state index in [0.29, 0.717) is 11.6 Å². The Morgan fingerprint density at radius 1 is 1.14 bits per heavy atom. The van der Waals surface area contributed by atoms with E-state index in [2.05, 4.69) is 27.3 Å². The van der Waals surface area contributed by atoms with E-state index in [9.17, 15) is 0 Å². The van der Waals surface area contributed by atoms with Gasteiger partial charge in [-0.3, -0.25) is 0 Å². The van der Waals surface area contributed by atoms with E-state index in [1.807, 2.05) is 32.0 Å². The molecule has 2 aromatic heterocycles. The van der Waals surface area contributed by atoms with E-state index in [1.54, 1.807) is 0 Å².